The van der Waals surface area contributed by atoms with E-state index in [4.69, 9.17) is 0 Å². The first kappa shape index (κ1) is 20.0. The number of aromatic amines is 1. The zero-order valence-corrected chi connectivity index (χ0v) is 16.7. The van der Waals surface area contributed by atoms with Crippen molar-refractivity contribution in [2.75, 3.05) is 0 Å². The number of carbonyl (C=O) groups excluding carboxylic acids is 1. The molecule has 0 fully saturated rings. The third-order valence-electron chi connectivity index (χ3n) is 5.32. The van der Waals surface area contributed by atoms with Gasteiger partial charge in [-0.15, -0.1) is 0 Å². The number of nitrogens with zero attached hydrogens (tertiary/aromatic N) is 2. The van der Waals surface area contributed by atoms with Crippen molar-refractivity contribution in [2.45, 2.75) is 39.0 Å². The maximum absolute atomic E-state index is 12.4. The molecule has 0 spiro atoms. The molecule has 0 atom stereocenters. The average Bonchev–Trinajstić information content (AvgIpc) is 3.40. The van der Waals surface area contributed by atoms with Gasteiger partial charge in [0.2, 0.25) is 6.43 Å². The summed E-state index contributed by atoms with van der Waals surface area (Å²) in [7, 11) is 0. The number of hydrogen-bond donors (Lipinski definition) is 1. The Morgan fingerprint density at radius 2 is 1.93 bits per heavy atom. The highest BCUT2D eigenvalue weighted by Crippen LogP contribution is 2.27. The van der Waals surface area contributed by atoms with Gasteiger partial charge in [-0.1, -0.05) is 25.1 Å². The predicted octanol–water partition coefficient (Wildman–Crippen LogP) is 5.74. The summed E-state index contributed by atoms with van der Waals surface area (Å²) in [5.41, 5.74) is 5.96. The Morgan fingerprint density at radius 1 is 1.13 bits per heavy atom. The summed E-state index contributed by atoms with van der Waals surface area (Å²) in [5, 5.41) is 5.41. The van der Waals surface area contributed by atoms with Crippen LogP contribution in [0.3, 0.4) is 0 Å². The number of rotatable bonds is 8. The molecule has 0 amide bonds. The molecule has 0 aliphatic heterocycles. The number of halogens is 2. The smallest absolute Gasteiger partial charge is 0.239 e. The number of hydrogen-bond acceptors (Lipinski definition) is 2. The van der Waals surface area contributed by atoms with Gasteiger partial charge in [0, 0.05) is 48.1 Å². The van der Waals surface area contributed by atoms with E-state index in [1.165, 1.54) is 5.56 Å². The molecule has 0 bridgehead atoms. The molecule has 0 aliphatic carbocycles. The number of aryl methyl sites for hydroxylation is 1. The Bertz CT molecular complexity index is 1160. The van der Waals surface area contributed by atoms with Crippen molar-refractivity contribution < 1.29 is 13.6 Å². The second kappa shape index (κ2) is 8.61. The lowest BCUT2D eigenvalue weighted by molar-refractivity contribution is -0.119. The monoisotopic (exact) mass is 407 g/mol. The molecule has 30 heavy (non-hydrogen) atoms. The van der Waals surface area contributed by atoms with Crippen molar-refractivity contribution in [1.82, 2.24) is 14.8 Å². The van der Waals surface area contributed by atoms with Gasteiger partial charge in [0.25, 0.3) is 0 Å². The van der Waals surface area contributed by atoms with E-state index in [9.17, 15) is 13.6 Å². The number of aromatic nitrogens is 3. The summed E-state index contributed by atoms with van der Waals surface area (Å²) in [6, 6.07) is 14.3. The third-order valence-corrected chi connectivity index (χ3v) is 5.32. The van der Waals surface area contributed by atoms with Gasteiger partial charge in [0.1, 0.15) is 5.78 Å². The van der Waals surface area contributed by atoms with Gasteiger partial charge < -0.3 is 4.98 Å². The number of alkyl halides is 2. The van der Waals surface area contributed by atoms with E-state index < -0.39 is 6.43 Å². The van der Waals surface area contributed by atoms with Gasteiger partial charge in [-0.05, 0) is 47.4 Å². The lowest BCUT2D eigenvalue weighted by Gasteiger charge is -2.03. The molecule has 0 saturated heterocycles. The molecular weight excluding hydrogens is 384 g/mol. The highest BCUT2D eigenvalue weighted by atomic mass is 19.3. The van der Waals surface area contributed by atoms with Crippen LogP contribution in [0.25, 0.3) is 27.7 Å². The van der Waals surface area contributed by atoms with Gasteiger partial charge in [0.15, 0.2) is 0 Å². The molecule has 2 aromatic carbocycles. The normalized spacial score (nSPS) is 11.5. The Kier molecular flexibility index (Phi) is 5.74. The summed E-state index contributed by atoms with van der Waals surface area (Å²) in [4.78, 5) is 15.2. The van der Waals surface area contributed by atoms with Gasteiger partial charge in [-0.3, -0.25) is 4.79 Å². The van der Waals surface area contributed by atoms with Crippen molar-refractivity contribution in [3.05, 3.63) is 72.2 Å². The van der Waals surface area contributed by atoms with Crippen LogP contribution in [0.4, 0.5) is 8.78 Å². The Labute approximate surface area is 173 Å². The second-order valence-electron chi connectivity index (χ2n) is 7.41. The molecule has 6 heteroatoms. The quantitative estimate of drug-likeness (QED) is 0.405. The number of nitrogens with one attached hydrogen (secondary N) is 1. The van der Waals surface area contributed by atoms with Gasteiger partial charge >= 0.3 is 0 Å². The Hall–Kier alpha value is -3.28. The van der Waals surface area contributed by atoms with Crippen LogP contribution in [0.5, 0.6) is 0 Å². The number of fused-ring (bicyclic) bond motifs is 1. The molecule has 4 nitrogen and oxygen atoms in total. The molecule has 1 N–H and O–H groups in total. The van der Waals surface area contributed by atoms with Gasteiger partial charge in [-0.2, -0.15) is 5.10 Å². The van der Waals surface area contributed by atoms with Crippen LogP contribution in [0, 0.1) is 0 Å². The highest BCUT2D eigenvalue weighted by molar-refractivity contribution is 5.92. The number of ketones is 1. The first-order valence-corrected chi connectivity index (χ1v) is 10.1. The number of Topliss-reactive ketones (excluding diaryl/α,β-unsaturated/α-hetero) is 1. The fraction of sp³-hybridized carbons (Fsp3) is 0.250. The molecule has 0 unspecified atom stereocenters. The molecule has 0 radical (unpaired) electrons. The van der Waals surface area contributed by atoms with E-state index in [0.717, 1.165) is 39.7 Å². The van der Waals surface area contributed by atoms with E-state index in [2.05, 4.69) is 29.1 Å². The average molecular weight is 407 g/mol. The van der Waals surface area contributed by atoms with Crippen LogP contribution in [0.2, 0.25) is 0 Å². The Balaban J connectivity index is 1.57. The van der Waals surface area contributed by atoms with Crippen molar-refractivity contribution >= 4 is 16.7 Å². The van der Waals surface area contributed by atoms with Crippen LogP contribution in [-0.2, 0) is 17.6 Å². The molecule has 0 saturated carbocycles. The zero-order valence-electron chi connectivity index (χ0n) is 16.7. The van der Waals surface area contributed by atoms with Crippen LogP contribution in [0.1, 0.15) is 30.9 Å². The van der Waals surface area contributed by atoms with Crippen LogP contribution < -0.4 is 0 Å². The largest absolute Gasteiger partial charge is 0.361 e. The second-order valence-corrected chi connectivity index (χ2v) is 7.41. The summed E-state index contributed by atoms with van der Waals surface area (Å²) in [6.45, 7) is 2.12. The molecule has 154 valence electrons. The summed E-state index contributed by atoms with van der Waals surface area (Å²) >= 11 is 0. The lowest BCUT2D eigenvalue weighted by Crippen LogP contribution is -2.04. The molecule has 4 rings (SSSR count). The molecule has 4 aromatic rings. The van der Waals surface area contributed by atoms with Crippen LogP contribution >= 0.6 is 0 Å². The fourth-order valence-corrected chi connectivity index (χ4v) is 3.57. The molecule has 2 heterocycles. The standard InChI is InChI=1S/C24H23F2N3O/c1-2-16-3-6-20(7-4-16)29-15-19(14-28-29)17-5-9-23-22(12-17)18(13-27-23)11-21(30)8-10-24(25)26/h3-7,9,12-15,24,27H,2,8,10-11H2,1H3. The van der Waals surface area contributed by atoms with Crippen LogP contribution in [-0.4, -0.2) is 27.0 Å². The van der Waals surface area contributed by atoms with Crippen molar-refractivity contribution in [2.24, 2.45) is 0 Å². The van der Waals surface area contributed by atoms with Gasteiger partial charge in [-0.25, -0.2) is 13.5 Å². The lowest BCUT2D eigenvalue weighted by atomic mass is 10.0. The highest BCUT2D eigenvalue weighted by Gasteiger charge is 2.13. The number of carbonyl (C=O) groups is 1. The molecule has 2 aromatic heterocycles. The summed E-state index contributed by atoms with van der Waals surface area (Å²) in [5.74, 6) is -0.176. The summed E-state index contributed by atoms with van der Waals surface area (Å²) in [6.07, 6.45) is 3.79. The van der Waals surface area contributed by atoms with E-state index >= 15 is 0 Å². The third kappa shape index (κ3) is 4.32. The predicted molar refractivity (Wildman–Crippen MR) is 114 cm³/mol. The maximum atomic E-state index is 12.4. The summed E-state index contributed by atoms with van der Waals surface area (Å²) < 4.78 is 26.6. The van der Waals surface area contributed by atoms with Crippen molar-refractivity contribution in [3.63, 3.8) is 0 Å². The first-order valence-electron chi connectivity index (χ1n) is 10.1. The topological polar surface area (TPSA) is 50.7 Å². The van der Waals surface area contributed by atoms with E-state index in [1.807, 2.05) is 47.4 Å². The number of benzene rings is 2. The minimum Gasteiger partial charge on any atom is -0.361 e. The van der Waals surface area contributed by atoms with Crippen LogP contribution in [0.15, 0.2) is 61.1 Å². The SMILES string of the molecule is CCc1ccc(-n2cc(-c3ccc4[nH]cc(CC(=O)CCC(F)F)c4c3)cn2)cc1. The van der Waals surface area contributed by atoms with E-state index in [-0.39, 0.29) is 25.0 Å². The van der Waals surface area contributed by atoms with E-state index in [1.54, 1.807) is 6.20 Å². The fourth-order valence-electron chi connectivity index (χ4n) is 3.57. The minimum atomic E-state index is -2.45. The minimum absolute atomic E-state index is 0.104. The molecule has 0 aliphatic rings. The number of H-pyrrole nitrogens is 1. The Morgan fingerprint density at radius 3 is 2.67 bits per heavy atom. The first-order chi connectivity index (χ1) is 14.5. The van der Waals surface area contributed by atoms with E-state index in [0.29, 0.717) is 0 Å². The zero-order chi connectivity index (χ0) is 21.1. The maximum Gasteiger partial charge on any atom is 0.239 e. The van der Waals surface area contributed by atoms with Crippen molar-refractivity contribution in [3.8, 4) is 16.8 Å². The van der Waals surface area contributed by atoms with Gasteiger partial charge in [0.05, 0.1) is 11.9 Å². The van der Waals surface area contributed by atoms with Crippen molar-refractivity contribution in [1.29, 1.82) is 0 Å². The molecular formula is C24H23F2N3O.